The predicted octanol–water partition coefficient (Wildman–Crippen LogP) is 3.45. The SMILES string of the molecule is Cc1ccc2cc(C(=O)Nc3nc(C)c(SCC(N)=O)s3)c(C)nc2c1. The third kappa shape index (κ3) is 4.03. The number of pyridine rings is 1. The fraction of sp³-hybridized carbons (Fsp3) is 0.222. The maximum Gasteiger partial charge on any atom is 0.259 e. The summed E-state index contributed by atoms with van der Waals surface area (Å²) in [7, 11) is 0. The van der Waals surface area contributed by atoms with E-state index in [1.807, 2.05) is 45.0 Å². The minimum absolute atomic E-state index is 0.184. The number of amides is 2. The molecule has 0 aliphatic heterocycles. The Morgan fingerprint density at radius 2 is 1.92 bits per heavy atom. The number of aromatic nitrogens is 2. The van der Waals surface area contributed by atoms with Crippen LogP contribution >= 0.6 is 23.1 Å². The highest BCUT2D eigenvalue weighted by Crippen LogP contribution is 2.32. The molecular formula is C18H18N4O2S2. The maximum absolute atomic E-state index is 12.7. The summed E-state index contributed by atoms with van der Waals surface area (Å²) in [6.45, 7) is 5.66. The van der Waals surface area contributed by atoms with Gasteiger partial charge in [-0.2, -0.15) is 0 Å². The summed E-state index contributed by atoms with van der Waals surface area (Å²) in [6.07, 6.45) is 0. The molecule has 0 spiro atoms. The average molecular weight is 387 g/mol. The number of nitrogens with two attached hydrogens (primary N) is 1. The first-order chi connectivity index (χ1) is 12.3. The molecule has 0 bridgehead atoms. The van der Waals surface area contributed by atoms with Crippen molar-refractivity contribution in [2.75, 3.05) is 11.1 Å². The number of hydrogen-bond acceptors (Lipinski definition) is 6. The van der Waals surface area contributed by atoms with E-state index < -0.39 is 0 Å². The van der Waals surface area contributed by atoms with Crippen LogP contribution in [0.5, 0.6) is 0 Å². The molecule has 6 nitrogen and oxygen atoms in total. The Balaban J connectivity index is 1.83. The summed E-state index contributed by atoms with van der Waals surface area (Å²) in [5.74, 6) is -0.456. The number of thioether (sulfide) groups is 1. The number of nitrogens with one attached hydrogen (secondary N) is 1. The molecule has 0 fully saturated rings. The summed E-state index contributed by atoms with van der Waals surface area (Å²) in [4.78, 5) is 32.5. The van der Waals surface area contributed by atoms with Crippen LogP contribution < -0.4 is 11.1 Å². The molecule has 1 aromatic carbocycles. The van der Waals surface area contributed by atoms with Crippen LogP contribution in [0.15, 0.2) is 28.5 Å². The smallest absolute Gasteiger partial charge is 0.259 e. The van der Waals surface area contributed by atoms with E-state index in [1.165, 1.54) is 23.1 Å². The minimum atomic E-state index is -0.388. The molecule has 134 valence electrons. The summed E-state index contributed by atoms with van der Waals surface area (Å²) in [6, 6.07) is 7.79. The first-order valence-corrected chi connectivity index (χ1v) is 9.71. The second-order valence-corrected chi connectivity index (χ2v) is 8.16. The van der Waals surface area contributed by atoms with Gasteiger partial charge in [-0.1, -0.05) is 23.5 Å². The van der Waals surface area contributed by atoms with E-state index in [-0.39, 0.29) is 17.6 Å². The highest BCUT2D eigenvalue weighted by Gasteiger charge is 2.16. The topological polar surface area (TPSA) is 98.0 Å². The summed E-state index contributed by atoms with van der Waals surface area (Å²) in [5.41, 5.74) is 9.11. The Morgan fingerprint density at radius 3 is 2.65 bits per heavy atom. The first kappa shape index (κ1) is 18.3. The van der Waals surface area contributed by atoms with Crippen molar-refractivity contribution in [2.24, 2.45) is 5.73 Å². The lowest BCUT2D eigenvalue weighted by molar-refractivity contribution is -0.115. The van der Waals surface area contributed by atoms with Gasteiger partial charge in [-0.3, -0.25) is 19.9 Å². The maximum atomic E-state index is 12.7. The molecule has 3 aromatic rings. The van der Waals surface area contributed by atoms with Crippen LogP contribution in [-0.4, -0.2) is 27.5 Å². The van der Waals surface area contributed by atoms with E-state index in [9.17, 15) is 9.59 Å². The van der Waals surface area contributed by atoms with Crippen molar-refractivity contribution in [3.05, 3.63) is 46.8 Å². The number of benzene rings is 1. The van der Waals surface area contributed by atoms with Gasteiger partial charge in [0, 0.05) is 5.39 Å². The third-order valence-electron chi connectivity index (χ3n) is 3.73. The zero-order chi connectivity index (χ0) is 18.8. The van der Waals surface area contributed by atoms with Gasteiger partial charge in [-0.05, 0) is 38.5 Å². The van der Waals surface area contributed by atoms with E-state index in [4.69, 9.17) is 5.73 Å². The fourth-order valence-corrected chi connectivity index (χ4v) is 4.35. The second-order valence-electron chi connectivity index (χ2n) is 5.92. The highest BCUT2D eigenvalue weighted by atomic mass is 32.2. The third-order valence-corrected chi connectivity index (χ3v) is 6.19. The first-order valence-electron chi connectivity index (χ1n) is 7.91. The van der Waals surface area contributed by atoms with E-state index in [2.05, 4.69) is 15.3 Å². The standard InChI is InChI=1S/C18H18N4O2S2/c1-9-4-5-12-7-13(10(2)20-14(12)6-9)16(24)22-18-21-11(3)17(26-18)25-8-15(19)23/h4-7H,8H2,1-3H3,(H2,19,23)(H,21,22,24). The van der Waals surface area contributed by atoms with Crippen LogP contribution in [0.4, 0.5) is 5.13 Å². The molecule has 3 N–H and O–H groups in total. The van der Waals surface area contributed by atoms with E-state index in [0.717, 1.165) is 26.4 Å². The van der Waals surface area contributed by atoms with Gasteiger partial charge in [0.2, 0.25) is 5.91 Å². The molecule has 0 aliphatic rings. The van der Waals surface area contributed by atoms with Crippen molar-refractivity contribution in [1.29, 1.82) is 0 Å². The van der Waals surface area contributed by atoms with Crippen molar-refractivity contribution < 1.29 is 9.59 Å². The summed E-state index contributed by atoms with van der Waals surface area (Å²) < 4.78 is 0.864. The predicted molar refractivity (Wildman–Crippen MR) is 106 cm³/mol. The number of carbonyl (C=O) groups excluding carboxylic acids is 2. The highest BCUT2D eigenvalue weighted by molar-refractivity contribution is 8.01. The Labute approximate surface area is 159 Å². The Kier molecular flexibility index (Phi) is 5.24. The van der Waals surface area contributed by atoms with Crippen molar-refractivity contribution in [3.8, 4) is 0 Å². The molecule has 0 saturated carbocycles. The van der Waals surface area contributed by atoms with Crippen LogP contribution in [0.25, 0.3) is 10.9 Å². The molecule has 0 saturated heterocycles. The fourth-order valence-electron chi connectivity index (χ4n) is 2.47. The number of thiazole rings is 1. The normalized spacial score (nSPS) is 10.9. The van der Waals surface area contributed by atoms with Gasteiger partial charge in [-0.25, -0.2) is 4.98 Å². The molecule has 0 aliphatic carbocycles. The van der Waals surface area contributed by atoms with Crippen LogP contribution in [-0.2, 0) is 4.79 Å². The number of fused-ring (bicyclic) bond motifs is 1. The molecule has 2 amide bonds. The lowest BCUT2D eigenvalue weighted by atomic mass is 10.1. The Bertz CT molecular complexity index is 1010. The Hall–Kier alpha value is -2.45. The van der Waals surface area contributed by atoms with Crippen LogP contribution in [0.3, 0.4) is 0 Å². The largest absolute Gasteiger partial charge is 0.369 e. The van der Waals surface area contributed by atoms with Gasteiger partial charge in [0.15, 0.2) is 5.13 Å². The van der Waals surface area contributed by atoms with Gasteiger partial charge >= 0.3 is 0 Å². The van der Waals surface area contributed by atoms with Crippen LogP contribution in [0.2, 0.25) is 0 Å². The molecule has 2 heterocycles. The number of carbonyl (C=O) groups is 2. The minimum Gasteiger partial charge on any atom is -0.369 e. The van der Waals surface area contributed by atoms with Crippen LogP contribution in [0.1, 0.15) is 27.3 Å². The molecule has 3 rings (SSSR count). The van der Waals surface area contributed by atoms with Gasteiger partial charge in [-0.15, -0.1) is 11.8 Å². The van der Waals surface area contributed by atoms with Crippen molar-refractivity contribution in [1.82, 2.24) is 9.97 Å². The zero-order valence-electron chi connectivity index (χ0n) is 14.6. The molecule has 0 atom stereocenters. The van der Waals surface area contributed by atoms with E-state index in [1.54, 1.807) is 0 Å². The molecular weight excluding hydrogens is 368 g/mol. The zero-order valence-corrected chi connectivity index (χ0v) is 16.3. The van der Waals surface area contributed by atoms with Crippen molar-refractivity contribution in [2.45, 2.75) is 25.0 Å². The number of hydrogen-bond donors (Lipinski definition) is 2. The molecule has 8 heteroatoms. The second kappa shape index (κ2) is 7.43. The van der Waals surface area contributed by atoms with E-state index >= 15 is 0 Å². The van der Waals surface area contributed by atoms with Gasteiger partial charge in [0.1, 0.15) is 0 Å². The molecule has 26 heavy (non-hydrogen) atoms. The van der Waals surface area contributed by atoms with Gasteiger partial charge in [0.05, 0.1) is 32.4 Å². The average Bonchev–Trinajstić information content (AvgIpc) is 2.91. The van der Waals surface area contributed by atoms with E-state index in [0.29, 0.717) is 16.4 Å². The monoisotopic (exact) mass is 386 g/mol. The number of primary amides is 1. The number of anilines is 1. The summed E-state index contributed by atoms with van der Waals surface area (Å²) >= 11 is 2.65. The van der Waals surface area contributed by atoms with Crippen molar-refractivity contribution >= 4 is 50.9 Å². The molecule has 2 aromatic heterocycles. The number of rotatable bonds is 5. The number of aryl methyl sites for hydroxylation is 3. The summed E-state index contributed by atoms with van der Waals surface area (Å²) in [5, 5.41) is 4.23. The van der Waals surface area contributed by atoms with Gasteiger partial charge in [0.25, 0.3) is 5.91 Å². The van der Waals surface area contributed by atoms with Crippen molar-refractivity contribution in [3.63, 3.8) is 0 Å². The van der Waals surface area contributed by atoms with Gasteiger partial charge < -0.3 is 5.73 Å². The molecule has 0 unspecified atom stereocenters. The molecule has 0 radical (unpaired) electrons. The quantitative estimate of drug-likeness (QED) is 0.655. The lowest BCUT2D eigenvalue weighted by Crippen LogP contribution is -2.14. The number of nitrogens with zero attached hydrogens (tertiary/aromatic N) is 2. The van der Waals surface area contributed by atoms with Crippen LogP contribution in [0, 0.1) is 20.8 Å². The lowest BCUT2D eigenvalue weighted by Gasteiger charge is -2.07. The Morgan fingerprint density at radius 1 is 1.15 bits per heavy atom.